The third kappa shape index (κ3) is 2.96. The normalized spacial score (nSPS) is 17.1. The van der Waals surface area contributed by atoms with Gasteiger partial charge < -0.3 is 5.11 Å². The molecule has 1 aromatic rings. The Balaban J connectivity index is 2.94. The number of benzene rings is 1. The summed E-state index contributed by atoms with van der Waals surface area (Å²) < 4.78 is 0. The molecule has 0 saturated carbocycles. The lowest BCUT2D eigenvalue weighted by Crippen LogP contribution is -2.29. The van der Waals surface area contributed by atoms with Crippen LogP contribution in [0.15, 0.2) is 24.3 Å². The van der Waals surface area contributed by atoms with Gasteiger partial charge in [-0.3, -0.25) is 0 Å². The van der Waals surface area contributed by atoms with Gasteiger partial charge in [0.05, 0.1) is 5.60 Å². The first-order chi connectivity index (χ1) is 6.98. The highest BCUT2D eigenvalue weighted by Crippen LogP contribution is 2.33. The largest absolute Gasteiger partial charge is 0.385 e. The Morgan fingerprint density at radius 3 is 2.67 bits per heavy atom. The van der Waals surface area contributed by atoms with Crippen LogP contribution in [0.25, 0.3) is 0 Å². The fourth-order valence-corrected chi connectivity index (χ4v) is 1.99. The second-order valence-corrected chi connectivity index (χ2v) is 4.78. The number of hydrogen-bond acceptors (Lipinski definition) is 1. The first-order valence-corrected chi connectivity index (χ1v) is 5.84. The molecule has 0 bridgehead atoms. The van der Waals surface area contributed by atoms with Crippen LogP contribution in [0.5, 0.6) is 0 Å². The minimum atomic E-state index is -0.791. The minimum Gasteiger partial charge on any atom is -0.385 e. The van der Waals surface area contributed by atoms with E-state index in [4.69, 9.17) is 11.6 Å². The van der Waals surface area contributed by atoms with E-state index >= 15 is 0 Å². The summed E-state index contributed by atoms with van der Waals surface area (Å²) in [5.41, 5.74) is 0.108. The Morgan fingerprint density at radius 2 is 2.13 bits per heavy atom. The van der Waals surface area contributed by atoms with E-state index in [2.05, 4.69) is 13.8 Å². The van der Waals surface area contributed by atoms with E-state index in [9.17, 15) is 5.11 Å². The molecule has 84 valence electrons. The Hall–Kier alpha value is -0.530. The summed E-state index contributed by atoms with van der Waals surface area (Å²) in [4.78, 5) is 0. The van der Waals surface area contributed by atoms with Gasteiger partial charge in [0.2, 0.25) is 0 Å². The predicted octanol–water partition coefficient (Wildman–Crippen LogP) is 3.98. The summed E-state index contributed by atoms with van der Waals surface area (Å²) in [7, 11) is 0. The van der Waals surface area contributed by atoms with Crippen molar-refractivity contribution < 1.29 is 5.11 Å². The van der Waals surface area contributed by atoms with E-state index in [0.29, 0.717) is 5.02 Å². The molecule has 0 aromatic heterocycles. The molecular weight excluding hydrogens is 208 g/mol. The van der Waals surface area contributed by atoms with E-state index < -0.39 is 5.60 Å². The fourth-order valence-electron chi connectivity index (χ4n) is 1.80. The first kappa shape index (κ1) is 12.5. The number of rotatable bonds is 4. The van der Waals surface area contributed by atoms with E-state index in [1.165, 1.54) is 0 Å². The lowest BCUT2D eigenvalue weighted by atomic mass is 9.82. The third-order valence-corrected chi connectivity index (χ3v) is 3.33. The molecule has 0 aliphatic rings. The molecule has 2 unspecified atom stereocenters. The SMILES string of the molecule is CCCC(C)C(C)(O)c1cccc(Cl)c1. The first-order valence-electron chi connectivity index (χ1n) is 5.47. The van der Waals surface area contributed by atoms with Gasteiger partial charge in [0.1, 0.15) is 0 Å². The number of aliphatic hydroxyl groups is 1. The van der Waals surface area contributed by atoms with E-state index in [1.54, 1.807) is 0 Å². The van der Waals surface area contributed by atoms with Crippen molar-refractivity contribution in [3.63, 3.8) is 0 Å². The molecule has 0 heterocycles. The molecule has 1 aromatic carbocycles. The molecule has 15 heavy (non-hydrogen) atoms. The molecule has 2 heteroatoms. The van der Waals surface area contributed by atoms with Crippen molar-refractivity contribution in [2.24, 2.45) is 5.92 Å². The highest BCUT2D eigenvalue weighted by molar-refractivity contribution is 6.30. The van der Waals surface area contributed by atoms with Crippen molar-refractivity contribution >= 4 is 11.6 Å². The van der Waals surface area contributed by atoms with Gasteiger partial charge in [-0.25, -0.2) is 0 Å². The van der Waals surface area contributed by atoms with E-state index in [0.717, 1.165) is 18.4 Å². The topological polar surface area (TPSA) is 20.2 Å². The minimum absolute atomic E-state index is 0.237. The van der Waals surface area contributed by atoms with Crippen molar-refractivity contribution in [1.29, 1.82) is 0 Å². The summed E-state index contributed by atoms with van der Waals surface area (Å²) >= 11 is 5.92. The molecule has 0 aliphatic heterocycles. The van der Waals surface area contributed by atoms with E-state index in [-0.39, 0.29) is 5.92 Å². The predicted molar refractivity (Wildman–Crippen MR) is 65.1 cm³/mol. The van der Waals surface area contributed by atoms with Gasteiger partial charge in [0, 0.05) is 5.02 Å². The molecule has 0 spiro atoms. The maximum atomic E-state index is 10.5. The van der Waals surface area contributed by atoms with Gasteiger partial charge in [0.25, 0.3) is 0 Å². The molecule has 0 radical (unpaired) electrons. The average Bonchev–Trinajstić information content (AvgIpc) is 2.18. The lowest BCUT2D eigenvalue weighted by molar-refractivity contribution is -0.00219. The summed E-state index contributed by atoms with van der Waals surface area (Å²) in [5.74, 6) is 0.237. The zero-order valence-corrected chi connectivity index (χ0v) is 10.4. The molecule has 2 atom stereocenters. The number of hydrogen-bond donors (Lipinski definition) is 1. The van der Waals surface area contributed by atoms with Crippen LogP contribution in [0.2, 0.25) is 5.02 Å². The highest BCUT2D eigenvalue weighted by Gasteiger charge is 2.29. The molecule has 1 nitrogen and oxygen atoms in total. The summed E-state index contributed by atoms with van der Waals surface area (Å²) in [5, 5.41) is 11.1. The third-order valence-electron chi connectivity index (χ3n) is 3.09. The molecule has 0 amide bonds. The Morgan fingerprint density at radius 1 is 1.47 bits per heavy atom. The second kappa shape index (κ2) is 5.00. The average molecular weight is 227 g/mol. The summed E-state index contributed by atoms with van der Waals surface area (Å²) in [6.07, 6.45) is 2.09. The van der Waals surface area contributed by atoms with Crippen molar-refractivity contribution in [3.05, 3.63) is 34.9 Å². The molecule has 0 fully saturated rings. The van der Waals surface area contributed by atoms with Crippen molar-refractivity contribution in [1.82, 2.24) is 0 Å². The van der Waals surface area contributed by atoms with Gasteiger partial charge in [-0.05, 0) is 37.0 Å². The smallest absolute Gasteiger partial charge is 0.0894 e. The highest BCUT2D eigenvalue weighted by atomic mass is 35.5. The fraction of sp³-hybridized carbons (Fsp3) is 0.538. The van der Waals surface area contributed by atoms with Crippen LogP contribution in [0, 0.1) is 5.92 Å². The van der Waals surface area contributed by atoms with Crippen molar-refractivity contribution in [2.45, 2.75) is 39.2 Å². The molecular formula is C13H19ClO. The van der Waals surface area contributed by atoms with Crippen molar-refractivity contribution in [2.75, 3.05) is 0 Å². The second-order valence-electron chi connectivity index (χ2n) is 4.35. The van der Waals surface area contributed by atoms with Crippen LogP contribution in [-0.4, -0.2) is 5.11 Å². The molecule has 1 N–H and O–H groups in total. The Labute approximate surface area is 97.1 Å². The quantitative estimate of drug-likeness (QED) is 0.824. The van der Waals surface area contributed by atoms with Crippen LogP contribution in [0.3, 0.4) is 0 Å². The number of halogens is 1. The van der Waals surface area contributed by atoms with Crippen LogP contribution in [0.1, 0.15) is 39.2 Å². The molecule has 1 rings (SSSR count). The molecule has 0 saturated heterocycles. The monoisotopic (exact) mass is 226 g/mol. The maximum absolute atomic E-state index is 10.5. The molecule has 0 aliphatic carbocycles. The zero-order valence-electron chi connectivity index (χ0n) is 9.63. The van der Waals surface area contributed by atoms with Crippen LogP contribution in [0.4, 0.5) is 0 Å². The van der Waals surface area contributed by atoms with Crippen LogP contribution < -0.4 is 0 Å². The Kier molecular flexibility index (Phi) is 4.18. The van der Waals surface area contributed by atoms with Gasteiger partial charge >= 0.3 is 0 Å². The maximum Gasteiger partial charge on any atom is 0.0894 e. The summed E-state index contributed by atoms with van der Waals surface area (Å²) in [6.45, 7) is 6.06. The van der Waals surface area contributed by atoms with Gasteiger partial charge in [-0.15, -0.1) is 0 Å². The lowest BCUT2D eigenvalue weighted by Gasteiger charge is -2.31. The Bertz CT molecular complexity index is 320. The standard InChI is InChI=1S/C13H19ClO/c1-4-6-10(2)13(3,15)11-7-5-8-12(14)9-11/h5,7-10,15H,4,6H2,1-3H3. The van der Waals surface area contributed by atoms with Gasteiger partial charge in [0.15, 0.2) is 0 Å². The zero-order chi connectivity index (χ0) is 11.5. The van der Waals surface area contributed by atoms with Crippen LogP contribution in [-0.2, 0) is 5.60 Å². The van der Waals surface area contributed by atoms with E-state index in [1.807, 2.05) is 31.2 Å². The van der Waals surface area contributed by atoms with Gasteiger partial charge in [-0.2, -0.15) is 0 Å². The van der Waals surface area contributed by atoms with Crippen LogP contribution >= 0.6 is 11.6 Å². The van der Waals surface area contributed by atoms with Gasteiger partial charge in [-0.1, -0.05) is 44.0 Å². The summed E-state index contributed by atoms with van der Waals surface area (Å²) in [6, 6.07) is 7.47. The van der Waals surface area contributed by atoms with Crippen molar-refractivity contribution in [3.8, 4) is 0 Å².